The molecule has 150 valence electrons. The van der Waals surface area contributed by atoms with Crippen LogP contribution in [0, 0.1) is 0 Å². The predicted octanol–water partition coefficient (Wildman–Crippen LogP) is 0.763. The van der Waals surface area contributed by atoms with Crippen LogP contribution in [0.25, 0.3) is 5.57 Å². The maximum atomic E-state index is 12.6. The smallest absolute Gasteiger partial charge is 0.277 e. The number of likely N-dealkylation sites (N-methyl/N-ethyl adjacent to an activating group) is 1. The van der Waals surface area contributed by atoms with Gasteiger partial charge >= 0.3 is 0 Å². The van der Waals surface area contributed by atoms with Crippen molar-refractivity contribution in [2.24, 2.45) is 0 Å². The van der Waals surface area contributed by atoms with Crippen LogP contribution in [0.4, 0.5) is 0 Å². The number of carbonyl (C=O) groups is 3. The van der Waals surface area contributed by atoms with Crippen molar-refractivity contribution in [3.63, 3.8) is 0 Å². The molecule has 0 spiro atoms. The number of hydrogen-bond donors (Lipinski definition) is 2. The SMILES string of the molecule is CC1NC(NC(=O)CN2CCCC3=C2C(=O)N(C)C3=O)=CC=C1c1cccnc1. The largest absolute Gasteiger partial charge is 0.365 e. The number of hydrogen-bond acceptors (Lipinski definition) is 6. The highest BCUT2D eigenvalue weighted by atomic mass is 16.2. The number of pyridine rings is 1. The van der Waals surface area contributed by atoms with Crippen LogP contribution in [0.15, 0.2) is 53.8 Å². The van der Waals surface area contributed by atoms with Crippen LogP contribution in [0.3, 0.4) is 0 Å². The van der Waals surface area contributed by atoms with Gasteiger partial charge in [-0.3, -0.25) is 24.3 Å². The van der Waals surface area contributed by atoms with E-state index in [0.717, 1.165) is 22.5 Å². The number of nitrogens with zero attached hydrogens (tertiary/aromatic N) is 3. The van der Waals surface area contributed by atoms with Gasteiger partial charge in [-0.05, 0) is 43.0 Å². The van der Waals surface area contributed by atoms with Crippen molar-refractivity contribution in [1.29, 1.82) is 0 Å². The van der Waals surface area contributed by atoms with Crippen molar-refractivity contribution in [3.05, 3.63) is 59.3 Å². The molecule has 0 bridgehead atoms. The number of allylic oxidation sites excluding steroid dienone is 2. The van der Waals surface area contributed by atoms with E-state index in [9.17, 15) is 14.4 Å². The monoisotopic (exact) mass is 393 g/mol. The fraction of sp³-hybridized carbons (Fsp3) is 0.333. The van der Waals surface area contributed by atoms with Gasteiger partial charge in [0, 0.05) is 31.6 Å². The van der Waals surface area contributed by atoms with E-state index in [-0.39, 0.29) is 30.3 Å². The molecule has 0 saturated heterocycles. The third-order valence-corrected chi connectivity index (χ3v) is 5.40. The molecule has 4 heterocycles. The normalized spacial score (nSPS) is 21.5. The van der Waals surface area contributed by atoms with E-state index < -0.39 is 0 Å². The van der Waals surface area contributed by atoms with Gasteiger partial charge in [-0.2, -0.15) is 0 Å². The Labute approximate surface area is 169 Å². The highest BCUT2D eigenvalue weighted by Crippen LogP contribution is 2.30. The molecule has 0 fully saturated rings. The Kier molecular flexibility index (Phi) is 4.92. The molecule has 8 heteroatoms. The van der Waals surface area contributed by atoms with Crippen molar-refractivity contribution in [1.82, 2.24) is 25.4 Å². The van der Waals surface area contributed by atoms with Crippen molar-refractivity contribution in [2.45, 2.75) is 25.8 Å². The first-order chi connectivity index (χ1) is 14.0. The number of aromatic nitrogens is 1. The molecule has 0 aromatic carbocycles. The number of imide groups is 1. The molecule has 3 aliphatic rings. The summed E-state index contributed by atoms with van der Waals surface area (Å²) in [6.07, 6.45) is 8.64. The number of carbonyl (C=O) groups excluding carboxylic acids is 3. The molecule has 4 rings (SSSR count). The third kappa shape index (κ3) is 3.53. The quantitative estimate of drug-likeness (QED) is 0.734. The lowest BCUT2D eigenvalue weighted by Gasteiger charge is -2.29. The second-order valence-electron chi connectivity index (χ2n) is 7.38. The number of nitrogens with one attached hydrogen (secondary N) is 2. The molecule has 3 amide bonds. The third-order valence-electron chi connectivity index (χ3n) is 5.40. The lowest BCUT2D eigenvalue weighted by Crippen LogP contribution is -2.44. The van der Waals surface area contributed by atoms with Crippen LogP contribution in [0.1, 0.15) is 25.3 Å². The summed E-state index contributed by atoms with van der Waals surface area (Å²) in [6, 6.07) is 3.89. The molecule has 2 N–H and O–H groups in total. The maximum absolute atomic E-state index is 12.6. The first kappa shape index (κ1) is 18.9. The van der Waals surface area contributed by atoms with Crippen LogP contribution in [-0.2, 0) is 14.4 Å². The van der Waals surface area contributed by atoms with Crippen LogP contribution < -0.4 is 10.6 Å². The molecular formula is C21H23N5O3. The minimum Gasteiger partial charge on any atom is -0.365 e. The highest BCUT2D eigenvalue weighted by Gasteiger charge is 2.40. The number of dihydropyridines is 1. The van der Waals surface area contributed by atoms with Gasteiger partial charge in [0.15, 0.2) is 0 Å². The molecule has 0 radical (unpaired) electrons. The van der Waals surface area contributed by atoms with Crippen LogP contribution in [-0.4, -0.2) is 58.7 Å². The molecule has 0 saturated carbocycles. The zero-order chi connectivity index (χ0) is 20.5. The fourth-order valence-electron chi connectivity index (χ4n) is 3.95. The van der Waals surface area contributed by atoms with Gasteiger partial charge in [0.25, 0.3) is 11.8 Å². The summed E-state index contributed by atoms with van der Waals surface area (Å²) < 4.78 is 0. The summed E-state index contributed by atoms with van der Waals surface area (Å²) in [6.45, 7) is 2.61. The molecule has 0 aliphatic carbocycles. The second kappa shape index (κ2) is 7.54. The van der Waals surface area contributed by atoms with Crippen molar-refractivity contribution >= 4 is 23.3 Å². The minimum absolute atomic E-state index is 0.00600. The van der Waals surface area contributed by atoms with E-state index in [0.29, 0.717) is 30.1 Å². The van der Waals surface area contributed by atoms with Gasteiger partial charge in [0.05, 0.1) is 12.6 Å². The van der Waals surface area contributed by atoms with Gasteiger partial charge in [0.2, 0.25) is 5.91 Å². The van der Waals surface area contributed by atoms with Gasteiger partial charge < -0.3 is 15.5 Å². The van der Waals surface area contributed by atoms with Gasteiger partial charge in [-0.15, -0.1) is 0 Å². The molecule has 1 aromatic rings. The first-order valence-electron chi connectivity index (χ1n) is 9.65. The Bertz CT molecular complexity index is 964. The van der Waals surface area contributed by atoms with E-state index in [1.54, 1.807) is 17.3 Å². The van der Waals surface area contributed by atoms with Gasteiger partial charge in [-0.25, -0.2) is 0 Å². The standard InChI is InChI=1S/C21H23N5O3/c1-13-15(14-5-3-9-22-11-14)7-8-17(23-13)24-18(27)12-26-10-4-6-16-19(26)21(29)25(2)20(16)28/h3,5,7-9,11,13,23H,4,6,10,12H2,1-2H3,(H,24,27). The lowest BCUT2D eigenvalue weighted by atomic mass is 9.99. The summed E-state index contributed by atoms with van der Waals surface area (Å²) in [7, 11) is 1.48. The topological polar surface area (TPSA) is 94.6 Å². The van der Waals surface area contributed by atoms with Crippen molar-refractivity contribution < 1.29 is 14.4 Å². The summed E-state index contributed by atoms with van der Waals surface area (Å²) in [5.41, 5.74) is 3.00. The van der Waals surface area contributed by atoms with E-state index >= 15 is 0 Å². The Hall–Kier alpha value is -3.42. The Morgan fingerprint density at radius 2 is 2.14 bits per heavy atom. The molecule has 29 heavy (non-hydrogen) atoms. The van der Waals surface area contributed by atoms with Crippen LogP contribution in [0.2, 0.25) is 0 Å². The summed E-state index contributed by atoms with van der Waals surface area (Å²) in [5.74, 6) is -0.219. The lowest BCUT2D eigenvalue weighted by molar-refractivity contribution is -0.136. The van der Waals surface area contributed by atoms with Crippen molar-refractivity contribution in [3.8, 4) is 0 Å². The Morgan fingerprint density at radius 1 is 1.31 bits per heavy atom. The number of rotatable bonds is 4. The van der Waals surface area contributed by atoms with E-state index in [1.807, 2.05) is 31.2 Å². The number of amides is 3. The van der Waals surface area contributed by atoms with Crippen LogP contribution in [0.5, 0.6) is 0 Å². The molecule has 8 nitrogen and oxygen atoms in total. The molecule has 3 aliphatic heterocycles. The van der Waals surface area contributed by atoms with E-state index in [2.05, 4.69) is 15.6 Å². The van der Waals surface area contributed by atoms with Gasteiger partial charge in [0.1, 0.15) is 11.5 Å². The zero-order valence-corrected chi connectivity index (χ0v) is 16.4. The summed E-state index contributed by atoms with van der Waals surface area (Å²) in [4.78, 5) is 44.1. The zero-order valence-electron chi connectivity index (χ0n) is 16.4. The molecule has 1 aromatic heterocycles. The summed E-state index contributed by atoms with van der Waals surface area (Å²) in [5, 5.41) is 6.14. The summed E-state index contributed by atoms with van der Waals surface area (Å²) >= 11 is 0. The predicted molar refractivity (Wildman–Crippen MR) is 107 cm³/mol. The Balaban J connectivity index is 1.44. The fourth-order valence-corrected chi connectivity index (χ4v) is 3.95. The Morgan fingerprint density at radius 3 is 2.86 bits per heavy atom. The van der Waals surface area contributed by atoms with Crippen LogP contribution >= 0.6 is 0 Å². The maximum Gasteiger partial charge on any atom is 0.277 e. The average Bonchev–Trinajstić information content (AvgIpc) is 2.94. The first-order valence-corrected chi connectivity index (χ1v) is 9.65. The van der Waals surface area contributed by atoms with E-state index in [1.165, 1.54) is 7.05 Å². The average molecular weight is 393 g/mol. The molecular weight excluding hydrogens is 370 g/mol. The van der Waals surface area contributed by atoms with E-state index in [4.69, 9.17) is 0 Å². The second-order valence-corrected chi connectivity index (χ2v) is 7.38. The minimum atomic E-state index is -0.329. The van der Waals surface area contributed by atoms with Gasteiger partial charge in [-0.1, -0.05) is 12.1 Å². The molecule has 1 unspecified atom stereocenters. The van der Waals surface area contributed by atoms with Crippen molar-refractivity contribution in [2.75, 3.05) is 20.1 Å². The highest BCUT2D eigenvalue weighted by molar-refractivity contribution is 6.19. The molecule has 1 atom stereocenters.